The molecule has 1 N–H and O–H groups in total. The summed E-state index contributed by atoms with van der Waals surface area (Å²) in [5.41, 5.74) is 0.0618. The van der Waals surface area contributed by atoms with Gasteiger partial charge in [0, 0.05) is 52.2 Å². The van der Waals surface area contributed by atoms with E-state index in [9.17, 15) is 24.3 Å². The monoisotopic (exact) mass is 654 g/mol. The van der Waals surface area contributed by atoms with E-state index in [0.29, 0.717) is 51.5 Å². The van der Waals surface area contributed by atoms with E-state index in [0.717, 1.165) is 5.56 Å². The summed E-state index contributed by atoms with van der Waals surface area (Å²) in [6.45, 7) is 14.4. The van der Waals surface area contributed by atoms with Crippen molar-refractivity contribution in [1.29, 1.82) is 0 Å². The number of benzene rings is 1. The number of hydrogen-bond donors (Lipinski definition) is 1. The fourth-order valence-electron chi connectivity index (χ4n) is 5.14. The van der Waals surface area contributed by atoms with Gasteiger partial charge < -0.3 is 19.3 Å². The summed E-state index contributed by atoms with van der Waals surface area (Å²) in [5.74, 6) is -2.30. The van der Waals surface area contributed by atoms with Crippen LogP contribution in [0, 0.1) is 0 Å². The third-order valence-corrected chi connectivity index (χ3v) is 7.31. The predicted molar refractivity (Wildman–Crippen MR) is 175 cm³/mol. The number of aromatic carboxylic acids is 1. The van der Waals surface area contributed by atoms with Crippen LogP contribution in [0.5, 0.6) is 0 Å². The number of rotatable bonds is 12. The van der Waals surface area contributed by atoms with E-state index >= 15 is 0 Å². The van der Waals surface area contributed by atoms with Gasteiger partial charge in [-0.15, -0.1) is 0 Å². The first-order valence-electron chi connectivity index (χ1n) is 16.1. The van der Waals surface area contributed by atoms with E-state index < -0.39 is 35.2 Å². The van der Waals surface area contributed by atoms with Crippen molar-refractivity contribution in [1.82, 2.24) is 19.7 Å². The summed E-state index contributed by atoms with van der Waals surface area (Å²) >= 11 is 0. The molecule has 0 bridgehead atoms. The average molecular weight is 655 g/mol. The lowest BCUT2D eigenvalue weighted by Gasteiger charge is -2.33. The Morgan fingerprint density at radius 2 is 1.40 bits per heavy atom. The molecule has 1 saturated heterocycles. The number of carbonyl (C=O) groups is 4. The molecule has 0 aliphatic carbocycles. The molecular weight excluding hydrogens is 604 g/mol. The van der Waals surface area contributed by atoms with Crippen LogP contribution in [0.4, 0.5) is 0 Å². The number of carboxylic acids is 1. The molecule has 2 aromatic rings. The zero-order chi connectivity index (χ0) is 34.6. The molecule has 1 fully saturated rings. The molecular formula is C35H50N4O8. The van der Waals surface area contributed by atoms with E-state index in [1.807, 2.05) is 60.9 Å². The Morgan fingerprint density at radius 1 is 0.787 bits per heavy atom. The third kappa shape index (κ3) is 14.2. The van der Waals surface area contributed by atoms with Crippen LogP contribution in [0.15, 0.2) is 48.5 Å². The maximum atomic E-state index is 13.6. The molecule has 12 nitrogen and oxygen atoms in total. The Balaban J connectivity index is 1.82. The summed E-state index contributed by atoms with van der Waals surface area (Å²) in [7, 11) is 0. The maximum absolute atomic E-state index is 13.6. The van der Waals surface area contributed by atoms with Crippen molar-refractivity contribution in [3.8, 4) is 0 Å². The van der Waals surface area contributed by atoms with Gasteiger partial charge in [-0.25, -0.2) is 9.78 Å². The van der Waals surface area contributed by atoms with Gasteiger partial charge in [0.2, 0.25) is 0 Å². The molecule has 2 heterocycles. The minimum Gasteiger partial charge on any atom is -0.477 e. The van der Waals surface area contributed by atoms with Gasteiger partial charge in [-0.05, 0) is 65.7 Å². The number of esters is 3. The minimum atomic E-state index is -1.10. The first-order valence-corrected chi connectivity index (χ1v) is 16.1. The molecule has 258 valence electrons. The molecule has 0 spiro atoms. The summed E-state index contributed by atoms with van der Waals surface area (Å²) in [6, 6.07) is 13.5. The van der Waals surface area contributed by atoms with E-state index in [-0.39, 0.29) is 37.7 Å². The van der Waals surface area contributed by atoms with Crippen LogP contribution < -0.4 is 0 Å². The molecule has 1 aliphatic rings. The maximum Gasteiger partial charge on any atom is 0.354 e. The summed E-state index contributed by atoms with van der Waals surface area (Å²) < 4.78 is 16.9. The van der Waals surface area contributed by atoms with Gasteiger partial charge in [0.25, 0.3) is 0 Å². The largest absolute Gasteiger partial charge is 0.477 e. The van der Waals surface area contributed by atoms with E-state index in [1.165, 1.54) is 6.07 Å². The molecule has 12 heteroatoms. The predicted octanol–water partition coefficient (Wildman–Crippen LogP) is 3.78. The zero-order valence-corrected chi connectivity index (χ0v) is 28.6. The van der Waals surface area contributed by atoms with Crippen molar-refractivity contribution < 1.29 is 38.5 Å². The van der Waals surface area contributed by atoms with E-state index in [2.05, 4.69) is 9.88 Å². The van der Waals surface area contributed by atoms with Crippen molar-refractivity contribution >= 4 is 23.9 Å². The Morgan fingerprint density at radius 3 is 2.04 bits per heavy atom. The number of carboxylic acid groups (broad SMARTS) is 1. The van der Waals surface area contributed by atoms with Crippen molar-refractivity contribution in [2.75, 3.05) is 45.8 Å². The highest BCUT2D eigenvalue weighted by Gasteiger charge is 2.33. The number of ether oxygens (including phenoxy) is 3. The molecule has 1 aromatic carbocycles. The minimum absolute atomic E-state index is 0.0183. The molecule has 0 saturated carbocycles. The van der Waals surface area contributed by atoms with Crippen molar-refractivity contribution in [3.05, 3.63) is 65.5 Å². The lowest BCUT2D eigenvalue weighted by atomic mass is 10.1. The van der Waals surface area contributed by atoms with Gasteiger partial charge in [-0.2, -0.15) is 0 Å². The van der Waals surface area contributed by atoms with Crippen molar-refractivity contribution in [2.45, 2.75) is 84.8 Å². The fraction of sp³-hybridized carbons (Fsp3) is 0.571. The summed E-state index contributed by atoms with van der Waals surface area (Å²) in [4.78, 5) is 61.2. The average Bonchev–Trinajstić information content (AvgIpc) is 3.06. The van der Waals surface area contributed by atoms with Crippen LogP contribution in [0.25, 0.3) is 0 Å². The highest BCUT2D eigenvalue weighted by Crippen LogP contribution is 2.18. The number of pyridine rings is 1. The van der Waals surface area contributed by atoms with Gasteiger partial charge in [0.05, 0.1) is 12.2 Å². The lowest BCUT2D eigenvalue weighted by molar-refractivity contribution is -0.163. The number of nitrogens with zero attached hydrogens (tertiary/aromatic N) is 4. The zero-order valence-electron chi connectivity index (χ0n) is 28.6. The van der Waals surface area contributed by atoms with Crippen LogP contribution in [-0.2, 0) is 41.7 Å². The van der Waals surface area contributed by atoms with E-state index in [4.69, 9.17) is 14.2 Å². The molecule has 1 aromatic heterocycles. The van der Waals surface area contributed by atoms with Crippen molar-refractivity contribution in [3.63, 3.8) is 0 Å². The first-order chi connectivity index (χ1) is 22.1. The van der Waals surface area contributed by atoms with Crippen LogP contribution in [0.1, 0.15) is 76.1 Å². The molecule has 1 unspecified atom stereocenters. The first kappa shape index (κ1) is 37.6. The SMILES string of the molecule is CC(C)(C)OC(=O)CN1CCN(Cc2cccc(C(=O)O)n2)CCN(C(CCC(=O)OCc2ccccc2)C(=O)OC(C)(C)C)CC1. The second-order valence-electron chi connectivity index (χ2n) is 13.7. The molecule has 1 aliphatic heterocycles. The van der Waals surface area contributed by atoms with Gasteiger partial charge in [0.15, 0.2) is 0 Å². The van der Waals surface area contributed by atoms with Gasteiger partial charge in [-0.3, -0.25) is 29.1 Å². The fourth-order valence-corrected chi connectivity index (χ4v) is 5.14. The molecule has 0 radical (unpaired) electrons. The Kier molecular flexibility index (Phi) is 13.9. The van der Waals surface area contributed by atoms with Crippen LogP contribution in [0.3, 0.4) is 0 Å². The van der Waals surface area contributed by atoms with Gasteiger partial charge in [-0.1, -0.05) is 36.4 Å². The third-order valence-electron chi connectivity index (χ3n) is 7.31. The Labute approximate surface area is 278 Å². The highest BCUT2D eigenvalue weighted by molar-refractivity contribution is 5.85. The van der Waals surface area contributed by atoms with Crippen molar-refractivity contribution in [2.24, 2.45) is 0 Å². The Hall–Kier alpha value is -3.87. The smallest absolute Gasteiger partial charge is 0.354 e. The quantitative estimate of drug-likeness (QED) is 0.263. The topological polar surface area (TPSA) is 139 Å². The van der Waals surface area contributed by atoms with Crippen LogP contribution >= 0.6 is 0 Å². The number of hydrogen-bond acceptors (Lipinski definition) is 11. The standard InChI is InChI=1S/C35H50N4O8/c1-34(2,3)46-31(41)24-38-18-17-37(23-27-13-10-14-28(36-27)32(42)43)19-21-39(22-20-38)29(33(44)47-35(4,5)6)15-16-30(40)45-25-26-11-8-7-9-12-26/h7-14,29H,15-25H2,1-6H3,(H,42,43). The summed E-state index contributed by atoms with van der Waals surface area (Å²) in [5, 5.41) is 9.43. The van der Waals surface area contributed by atoms with E-state index in [1.54, 1.807) is 32.9 Å². The van der Waals surface area contributed by atoms with Crippen LogP contribution in [-0.4, -0.2) is 112 Å². The molecule has 1 atom stereocenters. The lowest BCUT2D eigenvalue weighted by Crippen LogP contribution is -2.49. The van der Waals surface area contributed by atoms with Gasteiger partial charge in [0.1, 0.15) is 29.5 Å². The summed E-state index contributed by atoms with van der Waals surface area (Å²) in [6.07, 6.45) is 0.210. The van der Waals surface area contributed by atoms with Gasteiger partial charge >= 0.3 is 23.9 Å². The number of aromatic nitrogens is 1. The Bertz CT molecular complexity index is 1340. The number of carbonyl (C=O) groups excluding carboxylic acids is 3. The second-order valence-corrected chi connectivity index (χ2v) is 13.7. The molecule has 0 amide bonds. The highest BCUT2D eigenvalue weighted by atomic mass is 16.6. The molecule has 47 heavy (non-hydrogen) atoms. The molecule has 3 rings (SSSR count). The normalized spacial score (nSPS) is 16.3. The van der Waals surface area contributed by atoms with Crippen LogP contribution in [0.2, 0.25) is 0 Å². The second kappa shape index (κ2) is 17.3.